The van der Waals surface area contributed by atoms with E-state index >= 15 is 0 Å². The molecule has 0 radical (unpaired) electrons. The highest BCUT2D eigenvalue weighted by atomic mass is 35.5. The molecule has 1 aliphatic rings. The van der Waals surface area contributed by atoms with E-state index in [1.165, 1.54) is 4.57 Å². The second kappa shape index (κ2) is 7.18. The van der Waals surface area contributed by atoms with Gasteiger partial charge in [-0.15, -0.1) is 11.6 Å². The predicted molar refractivity (Wildman–Crippen MR) is 92.2 cm³/mol. The number of para-hydroxylation sites is 1. The second-order valence-electron chi connectivity index (χ2n) is 5.32. The molecule has 23 heavy (non-hydrogen) atoms. The zero-order valence-electron chi connectivity index (χ0n) is 18.5. The van der Waals surface area contributed by atoms with Crippen molar-refractivity contribution in [1.82, 2.24) is 9.88 Å². The van der Waals surface area contributed by atoms with E-state index in [1.54, 1.807) is 0 Å². The highest BCUT2D eigenvalue weighted by Gasteiger charge is 2.24. The minimum Gasteiger partial charge on any atom is -0.356 e. The molecule has 0 spiro atoms. The molecule has 2 aromatic rings. The lowest BCUT2D eigenvalue weighted by Crippen LogP contribution is -2.26. The molecule has 122 valence electrons. The fourth-order valence-electron chi connectivity index (χ4n) is 2.77. The van der Waals surface area contributed by atoms with E-state index in [9.17, 15) is 9.59 Å². The number of amides is 1. The minimum absolute atomic E-state index is 0.0450. The third-order valence-corrected chi connectivity index (χ3v) is 4.06. The number of nitrogens with zero attached hydrogens (tertiary/aromatic N) is 1. The summed E-state index contributed by atoms with van der Waals surface area (Å²) in [7, 11) is 0. The van der Waals surface area contributed by atoms with Gasteiger partial charge in [-0.05, 0) is 37.2 Å². The van der Waals surface area contributed by atoms with Crippen molar-refractivity contribution < 1.29 is 17.8 Å². The number of carbonyl (C=O) groups is 2. The Labute approximate surface area is 149 Å². The highest BCUT2D eigenvalue weighted by molar-refractivity contribution is 6.17. The van der Waals surface area contributed by atoms with Crippen molar-refractivity contribution >= 4 is 34.3 Å². The maximum atomic E-state index is 12.7. The Kier molecular flexibility index (Phi) is 3.16. The lowest BCUT2D eigenvalue weighted by atomic mass is 10.0. The quantitative estimate of drug-likeness (QED) is 0.822. The summed E-state index contributed by atoms with van der Waals surface area (Å²) < 4.78 is 50.1. The van der Waals surface area contributed by atoms with Crippen LogP contribution in [0.4, 0.5) is 0 Å². The highest BCUT2D eigenvalue weighted by Crippen LogP contribution is 2.30. The van der Waals surface area contributed by atoms with Gasteiger partial charge in [-0.3, -0.25) is 14.2 Å². The summed E-state index contributed by atoms with van der Waals surface area (Å²) in [5.74, 6) is -0.285. The first-order chi connectivity index (χ1) is 13.7. The van der Waals surface area contributed by atoms with Gasteiger partial charge >= 0.3 is 0 Å². The smallest absolute Gasteiger partial charge is 0.231 e. The van der Waals surface area contributed by atoms with Gasteiger partial charge in [0.15, 0.2) is 0 Å². The third kappa shape index (κ3) is 3.27. The summed E-state index contributed by atoms with van der Waals surface area (Å²) in [5.41, 5.74) is 0.678. The average molecular weight is 339 g/mol. The lowest BCUT2D eigenvalue weighted by molar-refractivity contribution is -0.121. The van der Waals surface area contributed by atoms with Crippen LogP contribution in [-0.4, -0.2) is 28.8 Å². The molecule has 2 heterocycles. The zero-order valence-corrected chi connectivity index (χ0v) is 13.3. The summed E-state index contributed by atoms with van der Waals surface area (Å²) in [6.45, 7) is 0.180. The lowest BCUT2D eigenvalue weighted by Gasteiger charge is -2.16. The molecule has 2 atom stereocenters. The molecule has 1 N–H and O–H groups in total. The van der Waals surface area contributed by atoms with Gasteiger partial charge in [-0.2, -0.15) is 0 Å². The Bertz CT molecular complexity index is 993. The number of aromatic nitrogens is 1. The van der Waals surface area contributed by atoms with Crippen LogP contribution < -0.4 is 5.32 Å². The van der Waals surface area contributed by atoms with Gasteiger partial charge in [0.2, 0.25) is 11.8 Å². The summed E-state index contributed by atoms with van der Waals surface area (Å²) in [5, 5.41) is 2.91. The molecule has 5 heteroatoms. The number of hydrogen-bond donors (Lipinski definition) is 1. The summed E-state index contributed by atoms with van der Waals surface area (Å²) in [6.07, 6.45) is -1.25. The molecule has 3 rings (SSSR count). The van der Waals surface area contributed by atoms with Crippen molar-refractivity contribution in [2.75, 3.05) is 12.4 Å². The van der Waals surface area contributed by atoms with Crippen LogP contribution in [0, 0.1) is 0 Å². The van der Waals surface area contributed by atoms with Gasteiger partial charge < -0.3 is 5.32 Å². The molecule has 1 aromatic carbocycles. The molecule has 1 aromatic heterocycles. The van der Waals surface area contributed by atoms with Crippen LogP contribution in [0.25, 0.3) is 10.9 Å². The first kappa shape index (κ1) is 10.1. The zero-order chi connectivity index (χ0) is 21.5. The van der Waals surface area contributed by atoms with E-state index in [0.717, 1.165) is 0 Å². The number of nitrogens with one attached hydrogen (secondary N) is 1. The molecule has 0 saturated heterocycles. The number of fused-ring (bicyclic) bond motifs is 3. The largest absolute Gasteiger partial charge is 0.356 e. The Morgan fingerprint density at radius 1 is 1.43 bits per heavy atom. The minimum atomic E-state index is -1.07. The van der Waals surface area contributed by atoms with Gasteiger partial charge in [-0.25, -0.2) is 0 Å². The van der Waals surface area contributed by atoms with Crippen LogP contribution in [0.5, 0.6) is 0 Å². The summed E-state index contributed by atoms with van der Waals surface area (Å²) in [4.78, 5) is 24.5. The molecule has 0 saturated carbocycles. The second-order valence-corrected chi connectivity index (χ2v) is 5.69. The summed E-state index contributed by atoms with van der Waals surface area (Å²) >= 11 is 5.58. The van der Waals surface area contributed by atoms with Crippen LogP contribution in [-0.2, 0) is 17.6 Å². The number of alkyl halides is 1. The Balaban J connectivity index is 2.13. The van der Waals surface area contributed by atoms with Crippen LogP contribution in [0.15, 0.2) is 24.2 Å². The topological polar surface area (TPSA) is 51.1 Å². The molecule has 1 amide bonds. The Morgan fingerprint density at radius 2 is 2.26 bits per heavy atom. The van der Waals surface area contributed by atoms with E-state index < -0.39 is 30.8 Å². The number of rotatable bonds is 6. The van der Waals surface area contributed by atoms with Gasteiger partial charge in [0.25, 0.3) is 0 Å². The first-order valence-electron chi connectivity index (χ1n) is 10.7. The Hall–Kier alpha value is -1.81. The molecule has 1 aliphatic heterocycles. The number of benzene rings is 1. The average Bonchev–Trinajstić information content (AvgIpc) is 3.03. The number of hydrogen-bond acceptors (Lipinski definition) is 2. The van der Waals surface area contributed by atoms with Gasteiger partial charge in [-0.1, -0.05) is 18.1 Å². The molecule has 0 aliphatic carbocycles. The van der Waals surface area contributed by atoms with Crippen molar-refractivity contribution in [3.05, 3.63) is 35.4 Å². The van der Waals surface area contributed by atoms with E-state index in [-0.39, 0.29) is 60.4 Å². The number of halogens is 1. The normalized spacial score (nSPS) is 24.1. The molecular weight excluding hydrogens is 312 g/mol. The molecular formula is C18H21ClN2O2. The van der Waals surface area contributed by atoms with E-state index in [0.29, 0.717) is 17.9 Å². The van der Waals surface area contributed by atoms with Crippen LogP contribution in [0.1, 0.15) is 49.9 Å². The first-order valence-corrected chi connectivity index (χ1v) is 8.08. The van der Waals surface area contributed by atoms with E-state index in [4.69, 9.17) is 19.8 Å². The standard InChI is InChI=1S/C18H21ClN2O2/c19-11-4-8-17(22)20-12-10-14-13-5-1-2-6-15(13)21-16(14)7-3-9-18(21)23/h1-2,5-6H,3-4,7-12H2,(H,20,22)/i1D,2D,3D,5D,6D,7D. The summed E-state index contributed by atoms with van der Waals surface area (Å²) in [6, 6.07) is -1.50. The Morgan fingerprint density at radius 3 is 3.09 bits per heavy atom. The molecule has 0 fully saturated rings. The van der Waals surface area contributed by atoms with Crippen molar-refractivity contribution in [3.63, 3.8) is 0 Å². The van der Waals surface area contributed by atoms with Crippen molar-refractivity contribution in [1.29, 1.82) is 0 Å². The van der Waals surface area contributed by atoms with Gasteiger partial charge in [0, 0.05) is 39.1 Å². The molecule has 2 unspecified atom stereocenters. The third-order valence-electron chi connectivity index (χ3n) is 3.80. The van der Waals surface area contributed by atoms with Crippen LogP contribution in [0.3, 0.4) is 0 Å². The van der Waals surface area contributed by atoms with Crippen molar-refractivity contribution in [2.24, 2.45) is 0 Å². The fraction of sp³-hybridized carbons (Fsp3) is 0.444. The monoisotopic (exact) mass is 338 g/mol. The van der Waals surface area contributed by atoms with Gasteiger partial charge in [0.05, 0.1) is 11.0 Å². The molecule has 4 nitrogen and oxygen atoms in total. The molecule has 0 bridgehead atoms. The number of carbonyl (C=O) groups excluding carboxylic acids is 2. The van der Waals surface area contributed by atoms with Crippen LogP contribution >= 0.6 is 11.6 Å². The maximum Gasteiger partial charge on any atom is 0.231 e. The van der Waals surface area contributed by atoms with E-state index in [2.05, 4.69) is 5.32 Å². The van der Waals surface area contributed by atoms with Crippen LogP contribution in [0.2, 0.25) is 0 Å². The SMILES string of the molecule is [2H]c1c([2H])c([2H])c2c(c1[2H])c(CCNC(=O)CCCCl)c1n2C(=O)CC([2H])C1[2H]. The van der Waals surface area contributed by atoms with Crippen molar-refractivity contribution in [3.8, 4) is 0 Å². The van der Waals surface area contributed by atoms with Gasteiger partial charge in [0.1, 0.15) is 0 Å². The fourth-order valence-corrected chi connectivity index (χ4v) is 2.90. The van der Waals surface area contributed by atoms with E-state index in [1.807, 2.05) is 0 Å². The predicted octanol–water partition coefficient (Wildman–Crippen LogP) is 3.30. The van der Waals surface area contributed by atoms with Crippen molar-refractivity contribution in [2.45, 2.75) is 38.5 Å². The maximum absolute atomic E-state index is 12.7.